The second-order valence-corrected chi connectivity index (χ2v) is 25.4. The van der Waals surface area contributed by atoms with E-state index in [9.17, 15) is 38.4 Å². The van der Waals surface area contributed by atoms with Gasteiger partial charge in [0.05, 0.1) is 35.7 Å². The fourth-order valence-electron chi connectivity index (χ4n) is 12.2. The summed E-state index contributed by atoms with van der Waals surface area (Å²) in [6, 6.07) is 21.8. The van der Waals surface area contributed by atoms with Gasteiger partial charge in [-0.25, -0.2) is 4.79 Å². The van der Waals surface area contributed by atoms with Gasteiger partial charge in [0.25, 0.3) is 5.91 Å². The van der Waals surface area contributed by atoms with Crippen molar-refractivity contribution in [3.05, 3.63) is 136 Å². The van der Waals surface area contributed by atoms with Crippen LogP contribution in [0, 0.1) is 10.8 Å². The summed E-state index contributed by atoms with van der Waals surface area (Å²) in [7, 11) is 3.33. The van der Waals surface area contributed by atoms with Crippen LogP contribution in [0.15, 0.2) is 97.2 Å². The SMILES string of the molecule is CN[C@@H](C)C(=O)NC(C(=O)N1Cc2cc(NC(=O)c3ccc4c(ccn4C(=O)NC4C[C@@H](C(=O)NC5CCCc6ccccc65)N(C(=O)[C@@H](NC(=O)[C@H](C)NC)C(C)(C)C)C4)c3)ccc2C[C@H]1C(=O)NC1CCCc2ccccc21)C(C)(C)C. The fourth-order valence-corrected chi connectivity index (χ4v) is 12.2. The molecule has 3 heterocycles. The maximum atomic E-state index is 14.9. The van der Waals surface area contributed by atoms with Gasteiger partial charge >= 0.3 is 6.03 Å². The Hall–Kier alpha value is -7.90. The number of amides is 8. The summed E-state index contributed by atoms with van der Waals surface area (Å²) < 4.78 is 1.43. The van der Waals surface area contributed by atoms with Crippen LogP contribution in [0.4, 0.5) is 10.5 Å². The zero-order valence-electron chi connectivity index (χ0n) is 50.1. The van der Waals surface area contributed by atoms with Crippen LogP contribution in [-0.4, -0.2) is 125 Å². The number of hydrogen-bond acceptors (Lipinski definition) is 10. The van der Waals surface area contributed by atoms with Gasteiger partial charge in [-0.3, -0.25) is 38.1 Å². The molecule has 4 aliphatic rings. The maximum absolute atomic E-state index is 14.9. The highest BCUT2D eigenvalue weighted by atomic mass is 16.2. The molecule has 9 atom stereocenters. The summed E-state index contributed by atoms with van der Waals surface area (Å²) in [6.07, 6.45) is 7.11. The second-order valence-electron chi connectivity index (χ2n) is 25.4. The third kappa shape index (κ3) is 13.2. The third-order valence-corrected chi connectivity index (χ3v) is 17.4. The monoisotopic (exact) mass is 1150 g/mol. The number of nitrogens with one attached hydrogen (secondary N) is 8. The Balaban J connectivity index is 0.915. The Kier molecular flexibility index (Phi) is 18.2. The minimum Gasteiger partial charge on any atom is -0.347 e. The minimum absolute atomic E-state index is 0.0201. The average Bonchev–Trinajstić information content (AvgIpc) is 2.06. The summed E-state index contributed by atoms with van der Waals surface area (Å²) in [6.45, 7) is 14.7. The zero-order chi connectivity index (χ0) is 60.4. The van der Waals surface area contributed by atoms with E-state index in [1.807, 2.05) is 90.1 Å². The second kappa shape index (κ2) is 25.1. The molecule has 2 aliphatic heterocycles. The lowest BCUT2D eigenvalue weighted by molar-refractivity contribution is -0.147. The van der Waals surface area contributed by atoms with Crippen LogP contribution < -0.4 is 42.5 Å². The topological polar surface area (TPSA) is 244 Å². The van der Waals surface area contributed by atoms with Crippen LogP contribution in [-0.2, 0) is 54.6 Å². The van der Waals surface area contributed by atoms with Crippen LogP contribution in [0.5, 0.6) is 0 Å². The number of nitrogens with zero attached hydrogens (tertiary/aromatic N) is 3. The first kappa shape index (κ1) is 60.7. The van der Waals surface area contributed by atoms with Gasteiger partial charge in [0.15, 0.2) is 0 Å². The van der Waals surface area contributed by atoms with Gasteiger partial charge in [0, 0.05) is 42.3 Å². The first-order chi connectivity index (χ1) is 39.9. The molecule has 8 N–H and O–H groups in total. The normalized spacial score (nSPS) is 20.9. The molecule has 2 aliphatic carbocycles. The van der Waals surface area contributed by atoms with Gasteiger partial charge in [-0.05, 0) is 153 Å². The predicted molar refractivity (Wildman–Crippen MR) is 323 cm³/mol. The predicted octanol–water partition coefficient (Wildman–Crippen LogP) is 6.34. The molecule has 19 nitrogen and oxygen atoms in total. The van der Waals surface area contributed by atoms with Crippen molar-refractivity contribution < 1.29 is 38.4 Å². The molecule has 4 unspecified atom stereocenters. The molecule has 1 aromatic heterocycles. The molecule has 1 saturated heterocycles. The zero-order valence-corrected chi connectivity index (χ0v) is 50.1. The molecule has 0 spiro atoms. The Labute approximate surface area is 492 Å². The maximum Gasteiger partial charge on any atom is 0.326 e. The molecular weight excluding hydrogens is 1060 g/mol. The standard InChI is InChI=1S/C65H83N11O8/c1-37(66-9)56(77)72-54(64(3,4)5)61(82)75-35-44-32-45(27-25-41(44)33-52(75)59(80)70-49-23-15-19-39-17-11-13-21-47(39)49)68-58(79)43-26-28-51-42(31-43)29-30-74(51)63(84)69-46-34-53(60(81)71-50-24-16-20-40-18-12-14-22-48(40)50)76(36-46)62(83)55(65(6,7)8)73-57(78)38(2)67-10/h11-14,17-18,21-22,25-32,37-38,46,49-50,52-55,66-67H,15-16,19-20,23-24,33-36H2,1-10H3,(H,68,79)(H,69,84)(H,70,80)(H,71,81)(H,72,77)(H,73,78)/t37-,38-,46?,49?,50?,52-,53-,54?,55+/m0/s1. The number of carbonyl (C=O) groups is 8. The molecule has 4 aromatic carbocycles. The van der Waals surface area contributed by atoms with E-state index in [2.05, 4.69) is 54.7 Å². The number of aryl methyl sites for hydroxylation is 2. The number of likely N-dealkylation sites (tertiary alicyclic amines) is 1. The summed E-state index contributed by atoms with van der Waals surface area (Å²) in [5.41, 5.74) is 5.93. The van der Waals surface area contributed by atoms with Crippen molar-refractivity contribution in [2.45, 2.75) is 168 Å². The van der Waals surface area contributed by atoms with Gasteiger partial charge in [0.2, 0.25) is 35.4 Å². The lowest BCUT2D eigenvalue weighted by Gasteiger charge is -2.42. The number of benzene rings is 4. The van der Waals surface area contributed by atoms with Gasteiger partial charge in [0.1, 0.15) is 24.2 Å². The highest BCUT2D eigenvalue weighted by Gasteiger charge is 2.47. The van der Waals surface area contributed by atoms with Crippen molar-refractivity contribution >= 4 is 64.0 Å². The first-order valence-electron chi connectivity index (χ1n) is 29.6. The molecule has 1 fully saturated rings. The van der Waals surface area contributed by atoms with Crippen LogP contribution in [0.1, 0.15) is 143 Å². The van der Waals surface area contributed by atoms with Gasteiger partial charge in [-0.2, -0.15) is 0 Å². The average molecular weight is 1150 g/mol. The Morgan fingerprint density at radius 2 is 1.13 bits per heavy atom. The minimum atomic E-state index is -0.979. The number of rotatable bonds is 15. The van der Waals surface area contributed by atoms with Crippen molar-refractivity contribution in [3.63, 3.8) is 0 Å². The number of fused-ring (bicyclic) bond motifs is 4. The molecule has 5 aromatic rings. The highest BCUT2D eigenvalue weighted by molar-refractivity contribution is 6.07. The van der Waals surface area contributed by atoms with Crippen molar-refractivity contribution in [2.75, 3.05) is 26.0 Å². The van der Waals surface area contributed by atoms with E-state index in [0.717, 1.165) is 60.8 Å². The lowest BCUT2D eigenvalue weighted by atomic mass is 9.83. The quantitative estimate of drug-likeness (QED) is 0.0579. The molecule has 0 bridgehead atoms. The van der Waals surface area contributed by atoms with E-state index >= 15 is 0 Å². The van der Waals surface area contributed by atoms with Crippen molar-refractivity contribution in [1.29, 1.82) is 0 Å². The molecule has 446 valence electrons. The number of hydrogen-bond donors (Lipinski definition) is 8. The summed E-state index contributed by atoms with van der Waals surface area (Å²) in [4.78, 5) is 117. The Morgan fingerprint density at radius 1 is 0.583 bits per heavy atom. The van der Waals surface area contributed by atoms with Crippen molar-refractivity contribution in [1.82, 2.24) is 51.6 Å². The molecule has 0 saturated carbocycles. The van der Waals surface area contributed by atoms with Crippen LogP contribution in [0.3, 0.4) is 0 Å². The van der Waals surface area contributed by atoms with E-state index in [1.54, 1.807) is 69.4 Å². The molecule has 0 radical (unpaired) electrons. The van der Waals surface area contributed by atoms with Crippen molar-refractivity contribution in [2.24, 2.45) is 10.8 Å². The number of anilines is 1. The van der Waals surface area contributed by atoms with E-state index in [4.69, 9.17) is 0 Å². The van der Waals surface area contributed by atoms with Gasteiger partial charge in [-0.15, -0.1) is 0 Å². The molecule has 84 heavy (non-hydrogen) atoms. The fraction of sp³-hybridized carbons (Fsp3) is 0.477. The number of likely N-dealkylation sites (N-methyl/N-ethyl adjacent to an activating group) is 2. The summed E-state index contributed by atoms with van der Waals surface area (Å²) in [5, 5.41) is 25.0. The third-order valence-electron chi connectivity index (χ3n) is 17.4. The van der Waals surface area contributed by atoms with Crippen LogP contribution >= 0.6 is 0 Å². The van der Waals surface area contributed by atoms with Gasteiger partial charge in [-0.1, -0.05) is 96.1 Å². The van der Waals surface area contributed by atoms with E-state index in [0.29, 0.717) is 22.2 Å². The molecular formula is C65H83N11O8. The highest BCUT2D eigenvalue weighted by Crippen LogP contribution is 2.35. The first-order valence-corrected chi connectivity index (χ1v) is 29.6. The molecule has 19 heteroatoms. The van der Waals surface area contributed by atoms with E-state index in [-0.39, 0.29) is 61.6 Å². The van der Waals surface area contributed by atoms with Gasteiger partial charge < -0.3 is 52.3 Å². The Bertz CT molecular complexity index is 3340. The summed E-state index contributed by atoms with van der Waals surface area (Å²) in [5.74, 6) is -2.55. The smallest absolute Gasteiger partial charge is 0.326 e. The van der Waals surface area contributed by atoms with E-state index < -0.39 is 76.9 Å². The van der Waals surface area contributed by atoms with Crippen LogP contribution in [0.25, 0.3) is 10.9 Å². The molecule has 9 rings (SSSR count). The summed E-state index contributed by atoms with van der Waals surface area (Å²) >= 11 is 0. The number of carbonyl (C=O) groups excluding carboxylic acids is 8. The van der Waals surface area contributed by atoms with Crippen LogP contribution in [0.2, 0.25) is 0 Å². The lowest BCUT2D eigenvalue weighted by Crippen LogP contribution is -2.62. The number of aromatic nitrogens is 1. The van der Waals surface area contributed by atoms with E-state index in [1.165, 1.54) is 20.6 Å². The van der Waals surface area contributed by atoms with Crippen molar-refractivity contribution in [3.8, 4) is 0 Å². The molecule has 8 amide bonds. The largest absolute Gasteiger partial charge is 0.347 e. The Morgan fingerprint density at radius 3 is 1.69 bits per heavy atom.